The van der Waals surface area contributed by atoms with Gasteiger partial charge in [-0.1, -0.05) is 6.92 Å². The molecule has 0 radical (unpaired) electrons. The number of rotatable bonds is 4. The van der Waals surface area contributed by atoms with Crippen LogP contribution < -0.4 is 5.32 Å². The average Bonchev–Trinajstić information content (AvgIpc) is 2.63. The minimum absolute atomic E-state index is 0.189. The second kappa shape index (κ2) is 5.72. The Balaban J connectivity index is 2.03. The highest BCUT2D eigenvalue weighted by molar-refractivity contribution is 9.10. The molecule has 2 rings (SSSR count). The van der Waals surface area contributed by atoms with Crippen molar-refractivity contribution in [1.29, 1.82) is 0 Å². The molecule has 102 valence electrons. The minimum atomic E-state index is 0.189. The zero-order chi connectivity index (χ0) is 13.2. The summed E-state index contributed by atoms with van der Waals surface area (Å²) in [5.41, 5.74) is 2.54. The second-order valence-corrected chi connectivity index (χ2v) is 6.00. The molecule has 1 aliphatic rings. The van der Waals surface area contributed by atoms with Gasteiger partial charge in [0.15, 0.2) is 0 Å². The molecule has 1 aliphatic heterocycles. The second-order valence-electron chi connectivity index (χ2n) is 5.21. The monoisotopic (exact) mass is 315 g/mol. The molecule has 1 saturated heterocycles. The third-order valence-corrected chi connectivity index (χ3v) is 4.70. The topological polar surface area (TPSA) is 39.1 Å². The van der Waals surface area contributed by atoms with E-state index in [1.54, 1.807) is 0 Å². The van der Waals surface area contributed by atoms with E-state index in [0.717, 1.165) is 49.2 Å². The predicted molar refractivity (Wildman–Crippen MR) is 75.6 cm³/mol. The molecule has 2 heterocycles. The van der Waals surface area contributed by atoms with Gasteiger partial charge in [0.2, 0.25) is 0 Å². The largest absolute Gasteiger partial charge is 0.381 e. The lowest BCUT2D eigenvalue weighted by Crippen LogP contribution is -2.46. The maximum atomic E-state index is 5.42. The van der Waals surface area contributed by atoms with E-state index in [9.17, 15) is 0 Å². The number of halogens is 1. The number of hydrogen-bond acceptors (Lipinski definition) is 3. The Hall–Kier alpha value is -0.390. The number of aryl methyl sites for hydroxylation is 2. The van der Waals surface area contributed by atoms with Gasteiger partial charge in [-0.05, 0) is 42.1 Å². The van der Waals surface area contributed by atoms with Crippen LogP contribution in [0, 0.1) is 0 Å². The highest BCUT2D eigenvalue weighted by atomic mass is 79.9. The molecule has 0 amide bonds. The van der Waals surface area contributed by atoms with E-state index in [2.05, 4.69) is 40.2 Å². The molecule has 0 aromatic carbocycles. The van der Waals surface area contributed by atoms with E-state index in [1.165, 1.54) is 5.69 Å². The number of hydrogen-bond donors (Lipinski definition) is 1. The van der Waals surface area contributed by atoms with E-state index in [-0.39, 0.29) is 5.54 Å². The summed E-state index contributed by atoms with van der Waals surface area (Å²) >= 11 is 3.66. The third kappa shape index (κ3) is 2.95. The predicted octanol–water partition coefficient (Wildman–Crippen LogP) is 2.40. The van der Waals surface area contributed by atoms with Crippen molar-refractivity contribution in [2.75, 3.05) is 13.2 Å². The van der Waals surface area contributed by atoms with E-state index >= 15 is 0 Å². The lowest BCUT2D eigenvalue weighted by atomic mass is 9.92. The molecule has 4 nitrogen and oxygen atoms in total. The zero-order valence-electron chi connectivity index (χ0n) is 11.4. The van der Waals surface area contributed by atoms with Crippen LogP contribution in [0.1, 0.15) is 38.1 Å². The highest BCUT2D eigenvalue weighted by Gasteiger charge is 2.27. The van der Waals surface area contributed by atoms with Crippen LogP contribution in [0.4, 0.5) is 0 Å². The first-order valence-corrected chi connectivity index (χ1v) is 7.38. The van der Waals surface area contributed by atoms with Gasteiger partial charge in [0.25, 0.3) is 0 Å². The molecule has 0 atom stereocenters. The summed E-state index contributed by atoms with van der Waals surface area (Å²) in [6, 6.07) is 0. The van der Waals surface area contributed by atoms with Gasteiger partial charge in [0.1, 0.15) is 0 Å². The Morgan fingerprint density at radius 3 is 2.67 bits per heavy atom. The molecule has 1 aromatic rings. The van der Waals surface area contributed by atoms with Crippen LogP contribution in [0.5, 0.6) is 0 Å². The van der Waals surface area contributed by atoms with Crippen molar-refractivity contribution in [1.82, 2.24) is 15.1 Å². The highest BCUT2D eigenvalue weighted by Crippen LogP contribution is 2.24. The maximum absolute atomic E-state index is 5.42. The Bertz CT molecular complexity index is 411. The quantitative estimate of drug-likeness (QED) is 0.927. The van der Waals surface area contributed by atoms with Gasteiger partial charge in [0.05, 0.1) is 15.9 Å². The first-order chi connectivity index (χ1) is 8.56. The van der Waals surface area contributed by atoms with Gasteiger partial charge in [-0.15, -0.1) is 0 Å². The molecule has 1 aromatic heterocycles. The first kappa shape index (κ1) is 14.0. The number of nitrogens with zero attached hydrogens (tertiary/aromatic N) is 2. The summed E-state index contributed by atoms with van der Waals surface area (Å²) in [5, 5.41) is 8.18. The summed E-state index contributed by atoms with van der Waals surface area (Å²) in [4.78, 5) is 0. The lowest BCUT2D eigenvalue weighted by molar-refractivity contribution is 0.0443. The van der Waals surface area contributed by atoms with Crippen molar-refractivity contribution in [2.45, 2.75) is 45.2 Å². The van der Waals surface area contributed by atoms with Crippen LogP contribution in [0.25, 0.3) is 0 Å². The van der Waals surface area contributed by atoms with Gasteiger partial charge < -0.3 is 10.1 Å². The van der Waals surface area contributed by atoms with Crippen molar-refractivity contribution >= 4 is 15.9 Å². The molecule has 0 unspecified atom stereocenters. The van der Waals surface area contributed by atoms with Crippen LogP contribution in [-0.2, 0) is 24.8 Å². The van der Waals surface area contributed by atoms with Gasteiger partial charge in [0, 0.05) is 32.3 Å². The van der Waals surface area contributed by atoms with E-state index in [0.29, 0.717) is 0 Å². The third-order valence-electron chi connectivity index (χ3n) is 3.78. The van der Waals surface area contributed by atoms with Crippen molar-refractivity contribution in [2.24, 2.45) is 7.05 Å². The average molecular weight is 316 g/mol. The van der Waals surface area contributed by atoms with Crippen molar-refractivity contribution in [3.8, 4) is 0 Å². The van der Waals surface area contributed by atoms with Crippen LogP contribution in [0.15, 0.2) is 4.47 Å². The summed E-state index contributed by atoms with van der Waals surface area (Å²) < 4.78 is 8.54. The Morgan fingerprint density at radius 2 is 2.11 bits per heavy atom. The molecule has 1 N–H and O–H groups in total. The van der Waals surface area contributed by atoms with Gasteiger partial charge >= 0.3 is 0 Å². The van der Waals surface area contributed by atoms with Gasteiger partial charge in [-0.25, -0.2) is 0 Å². The maximum Gasteiger partial charge on any atom is 0.0767 e. The standard InChI is InChI=1S/C13H22BrN3O/c1-4-10-12(14)11(17(3)16-10)9-15-13(2)5-7-18-8-6-13/h15H,4-9H2,1-3H3. The summed E-state index contributed by atoms with van der Waals surface area (Å²) in [7, 11) is 2.01. The van der Waals surface area contributed by atoms with Crippen LogP contribution in [0.2, 0.25) is 0 Å². The SMILES string of the molecule is CCc1nn(C)c(CNC2(C)CCOCC2)c1Br. The molecule has 0 bridgehead atoms. The summed E-state index contributed by atoms with van der Waals surface area (Å²) in [6.07, 6.45) is 3.10. The molecule has 0 saturated carbocycles. The Morgan fingerprint density at radius 1 is 1.44 bits per heavy atom. The normalized spacial score (nSPS) is 19.1. The molecular formula is C13H22BrN3O. The fraction of sp³-hybridized carbons (Fsp3) is 0.769. The minimum Gasteiger partial charge on any atom is -0.381 e. The lowest BCUT2D eigenvalue weighted by Gasteiger charge is -2.34. The smallest absolute Gasteiger partial charge is 0.0767 e. The first-order valence-electron chi connectivity index (χ1n) is 6.59. The van der Waals surface area contributed by atoms with E-state index < -0.39 is 0 Å². The van der Waals surface area contributed by atoms with Gasteiger partial charge in [-0.3, -0.25) is 4.68 Å². The Kier molecular flexibility index (Phi) is 4.45. The van der Waals surface area contributed by atoms with Crippen molar-refractivity contribution in [3.63, 3.8) is 0 Å². The molecule has 1 fully saturated rings. The summed E-state index contributed by atoms with van der Waals surface area (Å²) in [6.45, 7) is 6.97. The molecule has 18 heavy (non-hydrogen) atoms. The number of nitrogens with one attached hydrogen (secondary N) is 1. The van der Waals surface area contributed by atoms with Crippen LogP contribution >= 0.6 is 15.9 Å². The zero-order valence-corrected chi connectivity index (χ0v) is 13.0. The molecule has 0 spiro atoms. The molecular weight excluding hydrogens is 294 g/mol. The van der Waals surface area contributed by atoms with E-state index in [1.807, 2.05) is 11.7 Å². The van der Waals surface area contributed by atoms with Crippen molar-refractivity contribution in [3.05, 3.63) is 15.9 Å². The number of ether oxygens (including phenoxy) is 1. The molecule has 5 heteroatoms. The molecule has 0 aliphatic carbocycles. The van der Waals surface area contributed by atoms with Crippen LogP contribution in [0.3, 0.4) is 0 Å². The van der Waals surface area contributed by atoms with E-state index in [4.69, 9.17) is 4.74 Å². The number of aromatic nitrogens is 2. The van der Waals surface area contributed by atoms with Gasteiger partial charge in [-0.2, -0.15) is 5.10 Å². The fourth-order valence-electron chi connectivity index (χ4n) is 2.31. The summed E-state index contributed by atoms with van der Waals surface area (Å²) in [5.74, 6) is 0. The fourth-order valence-corrected chi connectivity index (χ4v) is 3.06. The van der Waals surface area contributed by atoms with Crippen molar-refractivity contribution < 1.29 is 4.74 Å². The Labute approximate surface area is 117 Å². The van der Waals surface area contributed by atoms with Crippen LogP contribution in [-0.4, -0.2) is 28.5 Å².